The molecular formula is C26H46N4O3. The molecule has 0 saturated heterocycles. The Morgan fingerprint density at radius 3 is 2.03 bits per heavy atom. The first-order valence-electron chi connectivity index (χ1n) is 12.3. The molecule has 0 unspecified atom stereocenters. The number of aryl methyl sites for hydroxylation is 2. The summed E-state index contributed by atoms with van der Waals surface area (Å²) in [6, 6.07) is 1.86. The molecule has 0 aliphatic rings. The first-order chi connectivity index (χ1) is 15.7. The van der Waals surface area contributed by atoms with Crippen LogP contribution in [0.2, 0.25) is 0 Å². The number of rotatable bonds is 9. The molecule has 0 bridgehead atoms. The minimum absolute atomic E-state index is 0.0508. The molecule has 0 aliphatic heterocycles. The number of nitrogens with one attached hydrogen (secondary N) is 2. The summed E-state index contributed by atoms with van der Waals surface area (Å²) in [5.41, 5.74) is 1.67. The summed E-state index contributed by atoms with van der Waals surface area (Å²) < 4.78 is 1.79. The Morgan fingerprint density at radius 2 is 1.61 bits per heavy atom. The van der Waals surface area contributed by atoms with Crippen molar-refractivity contribution in [3.05, 3.63) is 35.5 Å². The SMILES string of the molecule is CC.CC.CCCC(=O)C(C)C.CCCC(=O)c1ncc(NC(=O)c2cc(CC)cn2C)[nH]1. The van der Waals surface area contributed by atoms with Gasteiger partial charge in [0, 0.05) is 32.0 Å². The van der Waals surface area contributed by atoms with E-state index in [0.717, 1.165) is 31.2 Å². The van der Waals surface area contributed by atoms with E-state index in [1.54, 1.807) is 4.57 Å². The number of amides is 1. The zero-order chi connectivity index (χ0) is 26.0. The van der Waals surface area contributed by atoms with Gasteiger partial charge >= 0.3 is 0 Å². The zero-order valence-electron chi connectivity index (χ0n) is 22.5. The van der Waals surface area contributed by atoms with E-state index in [1.807, 2.05) is 81.6 Å². The molecule has 2 aromatic rings. The van der Waals surface area contributed by atoms with E-state index in [0.29, 0.717) is 23.7 Å². The normalized spacial score (nSPS) is 9.55. The van der Waals surface area contributed by atoms with Crippen LogP contribution >= 0.6 is 0 Å². The van der Waals surface area contributed by atoms with Crippen LogP contribution in [0.4, 0.5) is 5.82 Å². The summed E-state index contributed by atoms with van der Waals surface area (Å²) in [4.78, 5) is 41.5. The fourth-order valence-electron chi connectivity index (χ4n) is 2.65. The lowest BCUT2D eigenvalue weighted by Gasteiger charge is -2.03. The molecule has 2 heterocycles. The van der Waals surface area contributed by atoms with E-state index in [2.05, 4.69) is 15.3 Å². The highest BCUT2D eigenvalue weighted by Crippen LogP contribution is 2.12. The molecule has 2 N–H and O–H groups in total. The average Bonchev–Trinajstić information content (AvgIpc) is 3.43. The maximum absolute atomic E-state index is 12.2. The summed E-state index contributed by atoms with van der Waals surface area (Å²) in [5, 5.41) is 2.72. The second-order valence-corrected chi connectivity index (χ2v) is 7.34. The second-order valence-electron chi connectivity index (χ2n) is 7.34. The van der Waals surface area contributed by atoms with E-state index in [-0.39, 0.29) is 23.4 Å². The van der Waals surface area contributed by atoms with E-state index < -0.39 is 0 Å². The Hall–Kier alpha value is -2.70. The van der Waals surface area contributed by atoms with Crippen molar-refractivity contribution >= 4 is 23.3 Å². The minimum Gasteiger partial charge on any atom is -0.346 e. The Labute approximate surface area is 200 Å². The number of nitrogens with zero attached hydrogens (tertiary/aromatic N) is 2. The lowest BCUT2D eigenvalue weighted by atomic mass is 10.1. The number of H-pyrrole nitrogens is 1. The summed E-state index contributed by atoms with van der Waals surface area (Å²) in [6.45, 7) is 17.9. The molecule has 0 aromatic carbocycles. The number of Topliss-reactive ketones (excluding diaryl/α,β-unsaturated/α-hetero) is 2. The van der Waals surface area contributed by atoms with Crippen molar-refractivity contribution in [2.45, 2.75) is 94.4 Å². The Bertz CT molecular complexity index is 819. The van der Waals surface area contributed by atoms with Crippen LogP contribution in [-0.4, -0.2) is 32.0 Å². The van der Waals surface area contributed by atoms with Gasteiger partial charge in [-0.1, -0.05) is 62.3 Å². The van der Waals surface area contributed by atoms with Crippen molar-refractivity contribution in [2.24, 2.45) is 13.0 Å². The molecule has 188 valence electrons. The molecule has 1 amide bonds. The van der Waals surface area contributed by atoms with Gasteiger partial charge in [-0.2, -0.15) is 0 Å². The number of imidazole rings is 1. The molecule has 0 saturated carbocycles. The number of carbonyl (C=O) groups excluding carboxylic acids is 3. The summed E-state index contributed by atoms with van der Waals surface area (Å²) in [7, 11) is 1.83. The van der Waals surface area contributed by atoms with E-state index >= 15 is 0 Å². The van der Waals surface area contributed by atoms with Gasteiger partial charge in [-0.3, -0.25) is 14.4 Å². The third-order valence-electron chi connectivity index (χ3n) is 4.41. The predicted molar refractivity (Wildman–Crippen MR) is 138 cm³/mol. The monoisotopic (exact) mass is 462 g/mol. The lowest BCUT2D eigenvalue weighted by molar-refractivity contribution is -0.121. The van der Waals surface area contributed by atoms with Crippen LogP contribution < -0.4 is 5.32 Å². The third kappa shape index (κ3) is 12.2. The largest absolute Gasteiger partial charge is 0.346 e. The van der Waals surface area contributed by atoms with Gasteiger partial charge in [0.05, 0.1) is 6.20 Å². The lowest BCUT2D eigenvalue weighted by Crippen LogP contribution is -2.15. The highest BCUT2D eigenvalue weighted by Gasteiger charge is 2.14. The van der Waals surface area contributed by atoms with Gasteiger partial charge in [0.25, 0.3) is 5.91 Å². The van der Waals surface area contributed by atoms with Crippen LogP contribution in [0.3, 0.4) is 0 Å². The molecule has 2 aromatic heterocycles. The first-order valence-corrected chi connectivity index (χ1v) is 12.3. The highest BCUT2D eigenvalue weighted by atomic mass is 16.2. The average molecular weight is 463 g/mol. The van der Waals surface area contributed by atoms with Crippen LogP contribution in [-0.2, 0) is 18.3 Å². The maximum atomic E-state index is 12.2. The van der Waals surface area contributed by atoms with E-state index in [4.69, 9.17) is 0 Å². The minimum atomic E-state index is -0.227. The van der Waals surface area contributed by atoms with Crippen molar-refractivity contribution in [3.8, 4) is 0 Å². The molecule has 0 radical (unpaired) electrons. The number of hydrogen-bond donors (Lipinski definition) is 2. The van der Waals surface area contributed by atoms with Crippen molar-refractivity contribution in [3.63, 3.8) is 0 Å². The van der Waals surface area contributed by atoms with Gasteiger partial charge in [0.2, 0.25) is 0 Å². The fraction of sp³-hybridized carbons (Fsp3) is 0.615. The number of carbonyl (C=O) groups is 3. The zero-order valence-corrected chi connectivity index (χ0v) is 22.5. The summed E-state index contributed by atoms with van der Waals surface area (Å²) >= 11 is 0. The Balaban J connectivity index is 0. The van der Waals surface area contributed by atoms with Crippen molar-refractivity contribution in [2.75, 3.05) is 5.32 Å². The predicted octanol–water partition coefficient (Wildman–Crippen LogP) is 6.61. The third-order valence-corrected chi connectivity index (χ3v) is 4.41. The number of aromatic nitrogens is 3. The van der Waals surface area contributed by atoms with Crippen molar-refractivity contribution in [1.82, 2.24) is 14.5 Å². The fourth-order valence-corrected chi connectivity index (χ4v) is 2.65. The van der Waals surface area contributed by atoms with Crippen LogP contribution in [0.5, 0.6) is 0 Å². The molecule has 0 aliphatic carbocycles. The topological polar surface area (TPSA) is 96.8 Å². The molecule has 7 nitrogen and oxygen atoms in total. The van der Waals surface area contributed by atoms with Gasteiger partial charge in [-0.25, -0.2) is 4.98 Å². The standard InChI is InChI=1S/C15H20N4O2.C7H14O.2C2H6/c1-4-6-12(20)14-16-8-13(17-14)18-15(21)11-7-10(5-2)9-19(11)3;1-4-5-7(8)6(2)3;2*1-2/h7-9H,4-6H2,1-3H3,(H,16,17)(H,18,21);6H,4-5H2,1-3H3;2*1-2H3. The second kappa shape index (κ2) is 18.8. The number of ketones is 2. The van der Waals surface area contributed by atoms with Crippen molar-refractivity contribution in [1.29, 1.82) is 0 Å². The van der Waals surface area contributed by atoms with Gasteiger partial charge in [-0.15, -0.1) is 0 Å². The molecule has 2 rings (SSSR count). The van der Waals surface area contributed by atoms with Crippen molar-refractivity contribution < 1.29 is 14.4 Å². The number of anilines is 1. The molecule has 0 spiro atoms. The van der Waals surface area contributed by atoms with Gasteiger partial charge < -0.3 is 14.9 Å². The number of hydrogen-bond acceptors (Lipinski definition) is 4. The van der Waals surface area contributed by atoms with Crippen LogP contribution in [0, 0.1) is 5.92 Å². The molecular weight excluding hydrogens is 416 g/mol. The van der Waals surface area contributed by atoms with Crippen LogP contribution in [0.15, 0.2) is 18.5 Å². The smallest absolute Gasteiger partial charge is 0.273 e. The molecule has 0 fully saturated rings. The highest BCUT2D eigenvalue weighted by molar-refractivity contribution is 6.03. The maximum Gasteiger partial charge on any atom is 0.273 e. The van der Waals surface area contributed by atoms with Gasteiger partial charge in [-0.05, 0) is 30.9 Å². The van der Waals surface area contributed by atoms with E-state index in [9.17, 15) is 14.4 Å². The molecule has 0 atom stereocenters. The number of aromatic amines is 1. The summed E-state index contributed by atoms with van der Waals surface area (Å²) in [5.74, 6) is 1.05. The Kier molecular flexibility index (Phi) is 18.5. The summed E-state index contributed by atoms with van der Waals surface area (Å²) in [6.07, 6.45) is 7.21. The van der Waals surface area contributed by atoms with Crippen LogP contribution in [0.1, 0.15) is 115 Å². The molecule has 33 heavy (non-hydrogen) atoms. The molecule has 7 heteroatoms. The van der Waals surface area contributed by atoms with E-state index in [1.165, 1.54) is 6.20 Å². The van der Waals surface area contributed by atoms with Gasteiger partial charge in [0.15, 0.2) is 11.6 Å². The van der Waals surface area contributed by atoms with Gasteiger partial charge in [0.1, 0.15) is 17.3 Å². The first kappa shape index (κ1) is 32.5. The Morgan fingerprint density at radius 1 is 1.03 bits per heavy atom. The quantitative estimate of drug-likeness (QED) is 0.410. The van der Waals surface area contributed by atoms with Crippen LogP contribution in [0.25, 0.3) is 0 Å².